The molecule has 0 aromatic heterocycles. The second-order valence-electron chi connectivity index (χ2n) is 6.72. The Labute approximate surface area is 152 Å². The van der Waals surface area contributed by atoms with Crippen LogP contribution < -0.4 is 0 Å². The van der Waals surface area contributed by atoms with Crippen molar-refractivity contribution in [3.05, 3.63) is 47.5 Å². The maximum atomic E-state index is 12.9. The third kappa shape index (κ3) is 2.66. The number of benzene rings is 2. The minimum absolute atomic E-state index is 0.172. The Morgan fingerprint density at radius 3 is 2.04 bits per heavy atom. The van der Waals surface area contributed by atoms with Crippen LogP contribution in [0, 0.1) is 0 Å². The largest absolute Gasteiger partial charge is 0.339 e. The molecule has 3 amide bonds. The van der Waals surface area contributed by atoms with Gasteiger partial charge in [0, 0.05) is 42.7 Å². The third-order valence-electron chi connectivity index (χ3n) is 5.32. The number of imide groups is 1. The summed E-state index contributed by atoms with van der Waals surface area (Å²) in [4.78, 5) is 43.5. The van der Waals surface area contributed by atoms with Crippen molar-refractivity contribution < 1.29 is 14.4 Å². The first-order valence-corrected chi connectivity index (χ1v) is 8.98. The number of piperazine rings is 1. The highest BCUT2D eigenvalue weighted by Gasteiger charge is 2.35. The van der Waals surface area contributed by atoms with Gasteiger partial charge in [0.1, 0.15) is 6.54 Å². The molecule has 2 aromatic rings. The number of nitrogens with zero attached hydrogens (tertiary/aromatic N) is 3. The number of amides is 3. The zero-order valence-electron chi connectivity index (χ0n) is 14.8. The van der Waals surface area contributed by atoms with E-state index in [9.17, 15) is 14.4 Å². The predicted octanol–water partition coefficient (Wildman–Crippen LogP) is 1.60. The second kappa shape index (κ2) is 6.53. The summed E-state index contributed by atoms with van der Waals surface area (Å²) in [5.74, 6) is -0.950. The number of likely N-dealkylation sites (N-methyl/N-ethyl adjacent to an activating group) is 1. The van der Waals surface area contributed by atoms with E-state index in [0.717, 1.165) is 29.9 Å². The van der Waals surface area contributed by atoms with Crippen LogP contribution in [0.5, 0.6) is 0 Å². The van der Waals surface area contributed by atoms with Crippen LogP contribution in [0.2, 0.25) is 0 Å². The maximum Gasteiger partial charge on any atom is 0.261 e. The molecule has 0 N–H and O–H groups in total. The van der Waals surface area contributed by atoms with Gasteiger partial charge in [-0.3, -0.25) is 19.3 Å². The zero-order chi connectivity index (χ0) is 18.3. The molecule has 0 spiro atoms. The molecule has 6 heteroatoms. The van der Waals surface area contributed by atoms with Crippen molar-refractivity contribution in [2.75, 3.05) is 39.3 Å². The van der Waals surface area contributed by atoms with Crippen LogP contribution in [0.1, 0.15) is 27.6 Å². The van der Waals surface area contributed by atoms with Crippen molar-refractivity contribution in [1.29, 1.82) is 0 Å². The van der Waals surface area contributed by atoms with Gasteiger partial charge in [0.25, 0.3) is 11.8 Å². The van der Waals surface area contributed by atoms with Crippen molar-refractivity contribution in [1.82, 2.24) is 14.7 Å². The van der Waals surface area contributed by atoms with Gasteiger partial charge in [-0.05, 0) is 24.1 Å². The Balaban J connectivity index is 1.58. The van der Waals surface area contributed by atoms with Crippen molar-refractivity contribution in [2.45, 2.75) is 6.92 Å². The molecule has 1 fully saturated rings. The van der Waals surface area contributed by atoms with E-state index in [0.29, 0.717) is 29.6 Å². The molecule has 0 atom stereocenters. The summed E-state index contributed by atoms with van der Waals surface area (Å²) in [5, 5.41) is 1.55. The Bertz CT molecular complexity index is 850. The number of hydrogen-bond donors (Lipinski definition) is 0. The van der Waals surface area contributed by atoms with E-state index in [1.54, 1.807) is 29.2 Å². The first-order chi connectivity index (χ1) is 12.6. The Hall–Kier alpha value is -2.73. The molecular weight excluding hydrogens is 330 g/mol. The van der Waals surface area contributed by atoms with Gasteiger partial charge in [0.05, 0.1) is 0 Å². The SMILES string of the molecule is CCN1CCN(C(=O)CN2C(=O)c3cccc4cccc(c34)C2=O)CC1. The van der Waals surface area contributed by atoms with E-state index >= 15 is 0 Å². The minimum atomic E-state index is -0.389. The summed E-state index contributed by atoms with van der Waals surface area (Å²) in [6.45, 7) is 5.78. The van der Waals surface area contributed by atoms with Crippen molar-refractivity contribution in [3.63, 3.8) is 0 Å². The smallest absolute Gasteiger partial charge is 0.261 e. The molecule has 0 radical (unpaired) electrons. The Kier molecular flexibility index (Phi) is 4.20. The average Bonchev–Trinajstić information content (AvgIpc) is 2.69. The van der Waals surface area contributed by atoms with E-state index in [4.69, 9.17) is 0 Å². The van der Waals surface area contributed by atoms with Crippen LogP contribution in [-0.4, -0.2) is 71.7 Å². The lowest BCUT2D eigenvalue weighted by Crippen LogP contribution is -2.53. The summed E-state index contributed by atoms with van der Waals surface area (Å²) >= 11 is 0. The molecule has 2 aliphatic heterocycles. The van der Waals surface area contributed by atoms with Gasteiger partial charge in [-0.25, -0.2) is 0 Å². The quantitative estimate of drug-likeness (QED) is 0.788. The zero-order valence-corrected chi connectivity index (χ0v) is 14.8. The lowest BCUT2D eigenvalue weighted by atomic mass is 9.94. The van der Waals surface area contributed by atoms with Crippen LogP contribution in [0.15, 0.2) is 36.4 Å². The van der Waals surface area contributed by atoms with Crippen LogP contribution in [0.25, 0.3) is 10.8 Å². The van der Waals surface area contributed by atoms with Crippen molar-refractivity contribution >= 4 is 28.5 Å². The van der Waals surface area contributed by atoms with Gasteiger partial charge in [-0.2, -0.15) is 0 Å². The first kappa shape index (κ1) is 16.7. The van der Waals surface area contributed by atoms with E-state index in [-0.39, 0.29) is 24.3 Å². The van der Waals surface area contributed by atoms with Crippen molar-refractivity contribution in [3.8, 4) is 0 Å². The third-order valence-corrected chi connectivity index (χ3v) is 5.32. The van der Waals surface area contributed by atoms with E-state index in [2.05, 4.69) is 11.8 Å². The number of carbonyl (C=O) groups is 3. The van der Waals surface area contributed by atoms with Crippen molar-refractivity contribution in [2.24, 2.45) is 0 Å². The van der Waals surface area contributed by atoms with Gasteiger partial charge < -0.3 is 9.80 Å². The molecule has 4 rings (SSSR count). The highest BCUT2D eigenvalue weighted by atomic mass is 16.2. The number of rotatable bonds is 3. The molecule has 134 valence electrons. The van der Waals surface area contributed by atoms with Gasteiger partial charge in [-0.15, -0.1) is 0 Å². The molecule has 2 heterocycles. The second-order valence-corrected chi connectivity index (χ2v) is 6.72. The van der Waals surface area contributed by atoms with Crippen LogP contribution in [-0.2, 0) is 4.79 Å². The molecule has 2 aromatic carbocycles. The highest BCUT2D eigenvalue weighted by molar-refractivity contribution is 6.26. The number of carbonyl (C=O) groups excluding carboxylic acids is 3. The highest BCUT2D eigenvalue weighted by Crippen LogP contribution is 2.29. The number of hydrogen-bond acceptors (Lipinski definition) is 4. The summed E-state index contributed by atoms with van der Waals surface area (Å²) in [5.41, 5.74) is 0.975. The summed E-state index contributed by atoms with van der Waals surface area (Å²) in [6.07, 6.45) is 0. The normalized spacial score (nSPS) is 17.9. The monoisotopic (exact) mass is 351 g/mol. The molecule has 0 aliphatic carbocycles. The Morgan fingerprint density at radius 2 is 1.50 bits per heavy atom. The molecule has 26 heavy (non-hydrogen) atoms. The Morgan fingerprint density at radius 1 is 0.923 bits per heavy atom. The fourth-order valence-electron chi connectivity index (χ4n) is 3.77. The van der Waals surface area contributed by atoms with E-state index in [1.807, 2.05) is 12.1 Å². The molecule has 2 aliphatic rings. The average molecular weight is 351 g/mol. The molecule has 0 unspecified atom stereocenters. The van der Waals surface area contributed by atoms with Gasteiger partial charge in [0.15, 0.2) is 0 Å². The van der Waals surface area contributed by atoms with Crippen LogP contribution in [0.3, 0.4) is 0 Å². The summed E-state index contributed by atoms with van der Waals surface area (Å²) in [7, 11) is 0. The van der Waals surface area contributed by atoms with Gasteiger partial charge in [0.2, 0.25) is 5.91 Å². The summed E-state index contributed by atoms with van der Waals surface area (Å²) < 4.78 is 0. The summed E-state index contributed by atoms with van der Waals surface area (Å²) in [6, 6.07) is 10.8. The minimum Gasteiger partial charge on any atom is -0.339 e. The topological polar surface area (TPSA) is 60.9 Å². The van der Waals surface area contributed by atoms with Crippen LogP contribution in [0.4, 0.5) is 0 Å². The molecule has 0 saturated carbocycles. The van der Waals surface area contributed by atoms with E-state index in [1.165, 1.54) is 0 Å². The lowest BCUT2D eigenvalue weighted by Gasteiger charge is -2.35. The molecule has 6 nitrogen and oxygen atoms in total. The standard InChI is InChI=1S/C20H21N3O3/c1-2-21-9-11-22(12-10-21)17(24)13-23-19(25)15-7-3-5-14-6-4-8-16(18(14)15)20(23)26/h3-8H,2,9-13H2,1H3. The predicted molar refractivity (Wildman–Crippen MR) is 98.0 cm³/mol. The molecular formula is C20H21N3O3. The first-order valence-electron chi connectivity index (χ1n) is 8.98. The van der Waals surface area contributed by atoms with Crippen LogP contribution >= 0.6 is 0 Å². The van der Waals surface area contributed by atoms with E-state index < -0.39 is 0 Å². The molecule has 0 bridgehead atoms. The molecule has 1 saturated heterocycles. The lowest BCUT2D eigenvalue weighted by molar-refractivity contribution is -0.133. The van der Waals surface area contributed by atoms with Gasteiger partial charge >= 0.3 is 0 Å². The fourth-order valence-corrected chi connectivity index (χ4v) is 3.77. The van der Waals surface area contributed by atoms with Gasteiger partial charge in [-0.1, -0.05) is 31.2 Å². The fraction of sp³-hybridized carbons (Fsp3) is 0.350. The maximum absolute atomic E-state index is 12.9.